The molecule has 1 aliphatic heterocycles. The van der Waals surface area contributed by atoms with Crippen molar-refractivity contribution in [1.29, 1.82) is 0 Å². The van der Waals surface area contributed by atoms with Crippen LogP contribution in [0, 0.1) is 16.0 Å². The standard InChI is InChI=1S/C21H18BrN3O2/c1-12(2)17-9-5-6-14(23-17)10-13-11-16(22)21(25(26)27)19-15-7-3-4-8-18(15)24-20(13)19/h3-9,11-13H,10H2,1-2H3. The normalized spacial score (nSPS) is 18.1. The highest BCUT2D eigenvalue weighted by Gasteiger charge is 2.39. The number of para-hydroxylation sites is 1. The molecule has 1 aromatic carbocycles. The molecule has 2 aliphatic rings. The van der Waals surface area contributed by atoms with E-state index in [0.29, 0.717) is 22.4 Å². The summed E-state index contributed by atoms with van der Waals surface area (Å²) in [6.07, 6.45) is 2.53. The van der Waals surface area contributed by atoms with Gasteiger partial charge < -0.3 is 0 Å². The van der Waals surface area contributed by atoms with Gasteiger partial charge in [-0.25, -0.2) is 0 Å². The molecule has 1 aliphatic carbocycles. The molecule has 2 heterocycles. The van der Waals surface area contributed by atoms with E-state index >= 15 is 0 Å². The first-order valence-corrected chi connectivity index (χ1v) is 9.65. The highest BCUT2D eigenvalue weighted by molar-refractivity contribution is 9.12. The summed E-state index contributed by atoms with van der Waals surface area (Å²) in [4.78, 5) is 20.9. The predicted octanol–water partition coefficient (Wildman–Crippen LogP) is 5.43. The molecule has 6 heteroatoms. The summed E-state index contributed by atoms with van der Waals surface area (Å²) in [5.41, 5.74) is 5.07. The number of benzene rings is 1. The zero-order valence-electron chi connectivity index (χ0n) is 15.0. The van der Waals surface area contributed by atoms with E-state index in [1.54, 1.807) is 0 Å². The second-order valence-electron chi connectivity index (χ2n) is 7.03. The lowest BCUT2D eigenvalue weighted by Crippen LogP contribution is -2.22. The summed E-state index contributed by atoms with van der Waals surface area (Å²) in [7, 11) is 0. The van der Waals surface area contributed by atoms with Crippen LogP contribution in [0.5, 0.6) is 0 Å². The number of rotatable bonds is 4. The maximum absolute atomic E-state index is 11.7. The van der Waals surface area contributed by atoms with Crippen molar-refractivity contribution < 1.29 is 4.92 Å². The van der Waals surface area contributed by atoms with Gasteiger partial charge >= 0.3 is 0 Å². The lowest BCUT2D eigenvalue weighted by atomic mass is 9.85. The van der Waals surface area contributed by atoms with Gasteiger partial charge in [0.05, 0.1) is 26.4 Å². The molecule has 0 N–H and O–H groups in total. The highest BCUT2D eigenvalue weighted by atomic mass is 79.9. The van der Waals surface area contributed by atoms with E-state index in [2.05, 4.69) is 29.8 Å². The Hall–Kier alpha value is -2.60. The first-order valence-electron chi connectivity index (χ1n) is 8.86. The molecule has 0 radical (unpaired) electrons. The van der Waals surface area contributed by atoms with E-state index in [1.807, 2.05) is 48.5 Å². The van der Waals surface area contributed by atoms with Gasteiger partial charge in [0.25, 0.3) is 5.70 Å². The van der Waals surface area contributed by atoms with Crippen molar-refractivity contribution in [2.45, 2.75) is 26.2 Å². The lowest BCUT2D eigenvalue weighted by molar-refractivity contribution is -0.418. The van der Waals surface area contributed by atoms with Crippen LogP contribution >= 0.6 is 15.9 Å². The van der Waals surface area contributed by atoms with Crippen molar-refractivity contribution in [3.05, 3.63) is 85.8 Å². The molecule has 0 spiro atoms. The number of halogens is 1. The highest BCUT2D eigenvalue weighted by Crippen LogP contribution is 2.45. The van der Waals surface area contributed by atoms with Crippen LogP contribution in [0.3, 0.4) is 0 Å². The number of aromatic nitrogens is 1. The van der Waals surface area contributed by atoms with Crippen molar-refractivity contribution in [2.75, 3.05) is 0 Å². The van der Waals surface area contributed by atoms with Crippen LogP contribution < -0.4 is 0 Å². The van der Waals surface area contributed by atoms with E-state index in [-0.39, 0.29) is 16.5 Å². The van der Waals surface area contributed by atoms with Crippen LogP contribution in [-0.2, 0) is 6.42 Å². The Morgan fingerprint density at radius 3 is 2.70 bits per heavy atom. The van der Waals surface area contributed by atoms with Crippen molar-refractivity contribution in [2.24, 2.45) is 10.9 Å². The van der Waals surface area contributed by atoms with Crippen molar-refractivity contribution in [3.63, 3.8) is 0 Å². The number of nitrogens with zero attached hydrogens (tertiary/aromatic N) is 3. The van der Waals surface area contributed by atoms with Gasteiger partial charge in [0.2, 0.25) is 0 Å². The molecule has 0 saturated heterocycles. The molecular weight excluding hydrogens is 406 g/mol. The zero-order chi connectivity index (χ0) is 19.1. The molecule has 1 aromatic heterocycles. The Morgan fingerprint density at radius 2 is 1.96 bits per heavy atom. The first-order chi connectivity index (χ1) is 13.0. The molecule has 1 atom stereocenters. The SMILES string of the molecule is CC(C)c1cccc(CC2C=C(Br)C([N+](=O)[O-])=C3C2=Nc2ccccc23)n1. The van der Waals surface area contributed by atoms with Gasteiger partial charge in [0, 0.05) is 29.3 Å². The van der Waals surface area contributed by atoms with E-state index in [0.717, 1.165) is 28.4 Å². The number of hydrogen-bond acceptors (Lipinski definition) is 4. The summed E-state index contributed by atoms with van der Waals surface area (Å²) < 4.78 is 0.503. The number of allylic oxidation sites excluding steroid dienone is 3. The fraction of sp³-hybridized carbons (Fsp3) is 0.238. The minimum atomic E-state index is -0.332. The quantitative estimate of drug-likeness (QED) is 0.486. The minimum absolute atomic E-state index is 0.0691. The third-order valence-corrected chi connectivity index (χ3v) is 5.50. The number of nitro groups is 1. The molecule has 1 unspecified atom stereocenters. The van der Waals surface area contributed by atoms with Gasteiger partial charge in [-0.05, 0) is 40.0 Å². The Morgan fingerprint density at radius 1 is 1.19 bits per heavy atom. The van der Waals surface area contributed by atoms with Crippen LogP contribution in [0.2, 0.25) is 0 Å². The number of pyridine rings is 1. The molecule has 2 aromatic rings. The average molecular weight is 424 g/mol. The van der Waals surface area contributed by atoms with Crippen LogP contribution in [0.1, 0.15) is 36.7 Å². The summed E-state index contributed by atoms with van der Waals surface area (Å²) in [6.45, 7) is 4.23. The number of aliphatic imine (C=N–C) groups is 1. The van der Waals surface area contributed by atoms with Gasteiger partial charge in [0.1, 0.15) is 0 Å². The van der Waals surface area contributed by atoms with Gasteiger partial charge in [-0.1, -0.05) is 44.2 Å². The number of fused-ring (bicyclic) bond motifs is 3. The third-order valence-electron chi connectivity index (χ3n) is 4.86. The molecule has 0 fully saturated rings. The maximum Gasteiger partial charge on any atom is 0.292 e. The van der Waals surface area contributed by atoms with Crippen LogP contribution in [0.4, 0.5) is 5.69 Å². The fourth-order valence-electron chi connectivity index (χ4n) is 3.57. The van der Waals surface area contributed by atoms with Crippen LogP contribution in [-0.4, -0.2) is 15.6 Å². The molecule has 0 bridgehead atoms. The number of hydrogen-bond donors (Lipinski definition) is 0. The van der Waals surface area contributed by atoms with Crippen molar-refractivity contribution in [3.8, 4) is 0 Å². The van der Waals surface area contributed by atoms with Crippen LogP contribution in [0.25, 0.3) is 5.57 Å². The summed E-state index contributed by atoms with van der Waals surface area (Å²) >= 11 is 3.42. The molecule has 0 saturated carbocycles. The van der Waals surface area contributed by atoms with E-state index < -0.39 is 0 Å². The second kappa shape index (κ2) is 6.85. The Kier molecular flexibility index (Phi) is 4.52. The topological polar surface area (TPSA) is 68.4 Å². The van der Waals surface area contributed by atoms with Gasteiger partial charge in [-0.3, -0.25) is 20.1 Å². The predicted molar refractivity (Wildman–Crippen MR) is 110 cm³/mol. The average Bonchev–Trinajstić information content (AvgIpc) is 3.01. The van der Waals surface area contributed by atoms with Crippen molar-refractivity contribution in [1.82, 2.24) is 4.98 Å². The molecule has 27 heavy (non-hydrogen) atoms. The van der Waals surface area contributed by atoms with Crippen molar-refractivity contribution >= 4 is 32.9 Å². The van der Waals surface area contributed by atoms with Gasteiger partial charge in [-0.2, -0.15) is 0 Å². The Labute approximate surface area is 165 Å². The largest absolute Gasteiger partial charge is 0.292 e. The lowest BCUT2D eigenvalue weighted by Gasteiger charge is -2.20. The van der Waals surface area contributed by atoms with E-state index in [9.17, 15) is 10.1 Å². The third kappa shape index (κ3) is 3.14. The molecule has 5 nitrogen and oxygen atoms in total. The Bertz CT molecular complexity index is 1040. The molecule has 0 amide bonds. The molecule has 4 rings (SSSR count). The smallest absolute Gasteiger partial charge is 0.258 e. The van der Waals surface area contributed by atoms with E-state index in [1.165, 1.54) is 0 Å². The summed E-state index contributed by atoms with van der Waals surface area (Å²) in [6, 6.07) is 13.6. The van der Waals surface area contributed by atoms with Gasteiger partial charge in [0.15, 0.2) is 0 Å². The monoisotopic (exact) mass is 423 g/mol. The fourth-order valence-corrected chi connectivity index (χ4v) is 4.23. The first kappa shape index (κ1) is 17.8. The summed E-state index contributed by atoms with van der Waals surface area (Å²) in [5, 5.41) is 11.7. The van der Waals surface area contributed by atoms with Gasteiger partial charge in [-0.15, -0.1) is 0 Å². The summed E-state index contributed by atoms with van der Waals surface area (Å²) in [5.74, 6) is 0.281. The minimum Gasteiger partial charge on any atom is -0.258 e. The second-order valence-corrected chi connectivity index (χ2v) is 7.88. The zero-order valence-corrected chi connectivity index (χ0v) is 16.6. The van der Waals surface area contributed by atoms with E-state index in [4.69, 9.17) is 9.98 Å². The Balaban J connectivity index is 1.78. The molecular formula is C21H18BrN3O2. The van der Waals surface area contributed by atoms with Crippen LogP contribution in [0.15, 0.2) is 63.7 Å². The molecule has 136 valence electrons. The maximum atomic E-state index is 11.7.